The van der Waals surface area contributed by atoms with Crippen molar-refractivity contribution >= 4 is 17.8 Å². The minimum Gasteiger partial charge on any atom is -0.460 e. The van der Waals surface area contributed by atoms with Crippen molar-refractivity contribution in [3.8, 4) is 11.5 Å². The largest absolute Gasteiger partial charge is 0.460 e. The van der Waals surface area contributed by atoms with Crippen LogP contribution in [0.15, 0.2) is 78.9 Å². The molecule has 2 amide bonds. The van der Waals surface area contributed by atoms with Gasteiger partial charge in [-0.3, -0.25) is 14.4 Å². The number of halogens is 1. The zero-order valence-corrected chi connectivity index (χ0v) is 27.5. The van der Waals surface area contributed by atoms with Gasteiger partial charge in [0, 0.05) is 5.92 Å². The van der Waals surface area contributed by atoms with Gasteiger partial charge in [0.2, 0.25) is 11.8 Å². The molecule has 0 spiro atoms. The second-order valence-electron chi connectivity index (χ2n) is 13.5. The van der Waals surface area contributed by atoms with E-state index in [4.69, 9.17) is 9.47 Å². The number of nitrogens with one attached hydrogen (secondary N) is 2. The third-order valence-corrected chi connectivity index (χ3v) is 7.26. The Kier molecular flexibility index (Phi) is 12.3. The summed E-state index contributed by atoms with van der Waals surface area (Å²) in [5, 5.41) is 5.95. The highest BCUT2D eigenvalue weighted by atomic mass is 19.1. The average Bonchev–Trinajstić information content (AvgIpc) is 2.96. The number of hydrogen-bond acceptors (Lipinski definition) is 5. The fourth-order valence-corrected chi connectivity index (χ4v) is 4.92. The normalized spacial score (nSPS) is 13.7. The van der Waals surface area contributed by atoms with E-state index < -0.39 is 40.7 Å². The summed E-state index contributed by atoms with van der Waals surface area (Å²) in [5.41, 5.74) is 0.379. The second kappa shape index (κ2) is 15.7. The molecule has 1 unspecified atom stereocenters. The fraction of sp³-hybridized carbons (Fsp3) is 0.432. The molecule has 0 aromatic heterocycles. The number of rotatable bonds is 13. The zero-order chi connectivity index (χ0) is 33.2. The monoisotopic (exact) mass is 618 g/mol. The number of hydrogen-bond donors (Lipinski definition) is 2. The molecule has 3 atom stereocenters. The van der Waals surface area contributed by atoms with Crippen molar-refractivity contribution in [2.45, 2.75) is 91.8 Å². The van der Waals surface area contributed by atoms with E-state index in [1.165, 1.54) is 6.07 Å². The van der Waals surface area contributed by atoms with E-state index in [9.17, 15) is 18.8 Å². The number of aryl methyl sites for hydroxylation is 1. The molecule has 3 rings (SSSR count). The molecule has 242 valence electrons. The predicted molar refractivity (Wildman–Crippen MR) is 174 cm³/mol. The summed E-state index contributed by atoms with van der Waals surface area (Å²) in [6, 6.07) is 22.3. The van der Waals surface area contributed by atoms with Gasteiger partial charge in [0.15, 0.2) is 11.6 Å². The Morgan fingerprint density at radius 2 is 1.44 bits per heavy atom. The standard InChI is InChI=1S/C37H47FN2O5/c1-25(27-16-10-8-11-17-27)39-35(43)33(36(2,3)4)40-34(42)28(24-32(41)45-37(5,6)7)18-14-15-26-21-22-31(30(38)23-26)44-29-19-12-9-13-20-29/h8-13,16-17,19-23,25,28,33H,14-15,18,24H2,1-7H3,(H,39,43)(H,40,42)/t25-,28-,33?/m1/s1. The minimum atomic E-state index is -0.844. The van der Waals surface area contributed by atoms with E-state index in [1.54, 1.807) is 45.0 Å². The highest BCUT2D eigenvalue weighted by molar-refractivity contribution is 5.90. The summed E-state index contributed by atoms with van der Waals surface area (Å²) in [5.74, 6) is -1.77. The van der Waals surface area contributed by atoms with E-state index in [2.05, 4.69) is 10.6 Å². The van der Waals surface area contributed by atoms with Crippen molar-refractivity contribution in [1.82, 2.24) is 10.6 Å². The first-order chi connectivity index (χ1) is 21.1. The van der Waals surface area contributed by atoms with Crippen LogP contribution in [0.4, 0.5) is 4.39 Å². The SMILES string of the molecule is C[C@@H](NC(=O)C(NC(=O)[C@H](CCCc1ccc(Oc2ccccc2)c(F)c1)CC(=O)OC(C)(C)C)C(C)(C)C)c1ccccc1. The van der Waals surface area contributed by atoms with Gasteiger partial charge in [0.05, 0.1) is 12.5 Å². The summed E-state index contributed by atoms with van der Waals surface area (Å²) >= 11 is 0. The molecule has 0 heterocycles. The molecule has 0 saturated carbocycles. The van der Waals surface area contributed by atoms with Crippen molar-refractivity contribution in [3.63, 3.8) is 0 Å². The van der Waals surface area contributed by atoms with Crippen LogP contribution in [0.2, 0.25) is 0 Å². The van der Waals surface area contributed by atoms with Crippen LogP contribution < -0.4 is 15.4 Å². The topological polar surface area (TPSA) is 93.7 Å². The third kappa shape index (κ3) is 11.7. The summed E-state index contributed by atoms with van der Waals surface area (Å²) in [6.07, 6.45) is 1.20. The van der Waals surface area contributed by atoms with Crippen LogP contribution in [0.5, 0.6) is 11.5 Å². The van der Waals surface area contributed by atoms with Crippen LogP contribution in [0.1, 0.15) is 84.9 Å². The molecule has 0 aliphatic rings. The van der Waals surface area contributed by atoms with Crippen molar-refractivity contribution in [2.24, 2.45) is 11.3 Å². The number of esters is 1. The van der Waals surface area contributed by atoms with Crippen LogP contribution in [-0.4, -0.2) is 29.4 Å². The molecule has 3 aromatic rings. The van der Waals surface area contributed by atoms with Gasteiger partial charge >= 0.3 is 5.97 Å². The third-order valence-electron chi connectivity index (χ3n) is 7.26. The summed E-state index contributed by atoms with van der Waals surface area (Å²) in [4.78, 5) is 40.0. The Morgan fingerprint density at radius 3 is 2.02 bits per heavy atom. The van der Waals surface area contributed by atoms with Crippen LogP contribution >= 0.6 is 0 Å². The molecule has 2 N–H and O–H groups in total. The quantitative estimate of drug-likeness (QED) is 0.192. The summed E-state index contributed by atoms with van der Waals surface area (Å²) in [7, 11) is 0. The van der Waals surface area contributed by atoms with Gasteiger partial charge in [-0.15, -0.1) is 0 Å². The lowest BCUT2D eigenvalue weighted by molar-refractivity contribution is -0.157. The molecule has 0 bridgehead atoms. The van der Waals surface area contributed by atoms with Crippen molar-refractivity contribution in [3.05, 3.63) is 95.8 Å². The smallest absolute Gasteiger partial charge is 0.307 e. The van der Waals surface area contributed by atoms with Crippen molar-refractivity contribution in [1.29, 1.82) is 0 Å². The van der Waals surface area contributed by atoms with Crippen molar-refractivity contribution in [2.75, 3.05) is 0 Å². The average molecular weight is 619 g/mol. The molecule has 8 heteroatoms. The van der Waals surface area contributed by atoms with Gasteiger partial charge in [-0.2, -0.15) is 0 Å². The van der Waals surface area contributed by atoms with Crippen LogP contribution in [0.25, 0.3) is 0 Å². The van der Waals surface area contributed by atoms with E-state index in [0.29, 0.717) is 25.0 Å². The van der Waals surface area contributed by atoms with E-state index in [0.717, 1.165) is 11.1 Å². The summed E-state index contributed by atoms with van der Waals surface area (Å²) < 4.78 is 26.0. The lowest BCUT2D eigenvalue weighted by atomic mass is 9.85. The molecular formula is C37H47FN2O5. The van der Waals surface area contributed by atoms with E-state index in [1.807, 2.05) is 76.2 Å². The van der Waals surface area contributed by atoms with Gasteiger partial charge in [0.25, 0.3) is 0 Å². The maximum atomic E-state index is 14.8. The molecular weight excluding hydrogens is 571 g/mol. The molecule has 0 saturated heterocycles. The predicted octanol–water partition coefficient (Wildman–Crippen LogP) is 7.70. The minimum absolute atomic E-state index is 0.125. The Labute approximate surface area is 266 Å². The Hall–Kier alpha value is -4.20. The van der Waals surface area contributed by atoms with Gasteiger partial charge in [-0.25, -0.2) is 4.39 Å². The first kappa shape index (κ1) is 35.3. The molecule has 3 aromatic carbocycles. The van der Waals surface area contributed by atoms with Crippen molar-refractivity contribution < 1.29 is 28.2 Å². The number of amides is 2. The second-order valence-corrected chi connectivity index (χ2v) is 13.5. The fourth-order valence-electron chi connectivity index (χ4n) is 4.92. The van der Waals surface area contributed by atoms with Gasteiger partial charge in [-0.1, -0.05) is 75.4 Å². The molecule has 45 heavy (non-hydrogen) atoms. The van der Waals surface area contributed by atoms with E-state index >= 15 is 0 Å². The molecule has 7 nitrogen and oxygen atoms in total. The maximum Gasteiger partial charge on any atom is 0.307 e. The first-order valence-corrected chi connectivity index (χ1v) is 15.5. The lowest BCUT2D eigenvalue weighted by Crippen LogP contribution is -2.55. The van der Waals surface area contributed by atoms with Gasteiger partial charge in [0.1, 0.15) is 17.4 Å². The Morgan fingerprint density at radius 1 is 0.822 bits per heavy atom. The number of carbonyl (C=O) groups is 3. The van der Waals surface area contributed by atoms with Crippen LogP contribution in [0, 0.1) is 17.2 Å². The zero-order valence-electron chi connectivity index (χ0n) is 27.5. The molecule has 0 radical (unpaired) electrons. The van der Waals surface area contributed by atoms with Crippen LogP contribution in [0.3, 0.4) is 0 Å². The molecule has 0 aliphatic heterocycles. The number of para-hydroxylation sites is 1. The van der Waals surface area contributed by atoms with Crippen LogP contribution in [-0.2, 0) is 25.5 Å². The number of carbonyl (C=O) groups excluding carboxylic acids is 3. The first-order valence-electron chi connectivity index (χ1n) is 15.5. The van der Waals surface area contributed by atoms with Gasteiger partial charge < -0.3 is 20.1 Å². The van der Waals surface area contributed by atoms with Gasteiger partial charge in [-0.05, 0) is 87.8 Å². The Bertz CT molecular complexity index is 1410. The lowest BCUT2D eigenvalue weighted by Gasteiger charge is -2.33. The highest BCUT2D eigenvalue weighted by Gasteiger charge is 2.36. The Balaban J connectivity index is 1.70. The number of benzene rings is 3. The maximum absolute atomic E-state index is 14.8. The molecule has 0 aliphatic carbocycles. The molecule has 0 fully saturated rings. The van der Waals surface area contributed by atoms with E-state index in [-0.39, 0.29) is 24.1 Å². The number of ether oxygens (including phenoxy) is 2. The summed E-state index contributed by atoms with van der Waals surface area (Å²) in [6.45, 7) is 12.9. The highest BCUT2D eigenvalue weighted by Crippen LogP contribution is 2.27.